The third kappa shape index (κ3) is 3.48. The van der Waals surface area contributed by atoms with Crippen LogP contribution < -0.4 is 4.74 Å². The second-order valence-electron chi connectivity index (χ2n) is 5.68. The van der Waals surface area contributed by atoms with Gasteiger partial charge in [0.05, 0.1) is 17.4 Å². The van der Waals surface area contributed by atoms with E-state index in [1.54, 1.807) is 13.0 Å². The van der Waals surface area contributed by atoms with E-state index >= 15 is 0 Å². The zero-order chi connectivity index (χ0) is 14.8. The first-order valence-electron chi connectivity index (χ1n) is 6.70. The molecule has 0 aromatic heterocycles. The van der Waals surface area contributed by atoms with E-state index in [1.807, 2.05) is 13.8 Å². The minimum Gasteiger partial charge on any atom is -0.490 e. The molecule has 0 amide bonds. The van der Waals surface area contributed by atoms with Crippen molar-refractivity contribution in [1.82, 2.24) is 0 Å². The Bertz CT molecular complexity index is 514. The molecule has 1 aromatic carbocycles. The Balaban J connectivity index is 2.07. The van der Waals surface area contributed by atoms with E-state index in [-0.39, 0.29) is 17.5 Å². The maximum Gasteiger partial charge on any atom is 0.131 e. The molecular formula is C15H20FNO3. The summed E-state index contributed by atoms with van der Waals surface area (Å²) in [7, 11) is 0. The van der Waals surface area contributed by atoms with E-state index in [9.17, 15) is 4.39 Å². The third-order valence-electron chi connectivity index (χ3n) is 3.46. The highest BCUT2D eigenvalue weighted by Gasteiger charge is 2.32. The van der Waals surface area contributed by atoms with Crippen LogP contribution in [0, 0.1) is 5.82 Å². The fraction of sp³-hybridized carbons (Fsp3) is 0.533. The van der Waals surface area contributed by atoms with Gasteiger partial charge in [-0.25, -0.2) is 4.39 Å². The van der Waals surface area contributed by atoms with Crippen LogP contribution >= 0.6 is 0 Å². The van der Waals surface area contributed by atoms with Crippen LogP contribution in [0.3, 0.4) is 0 Å². The van der Waals surface area contributed by atoms with E-state index < -0.39 is 0 Å². The Morgan fingerprint density at radius 3 is 2.90 bits per heavy atom. The minimum atomic E-state index is -0.387. The van der Waals surface area contributed by atoms with E-state index in [0.29, 0.717) is 23.6 Å². The molecule has 0 radical (unpaired) electrons. The molecule has 1 aromatic rings. The van der Waals surface area contributed by atoms with Gasteiger partial charge in [0.2, 0.25) is 0 Å². The van der Waals surface area contributed by atoms with Crippen LogP contribution in [0.1, 0.15) is 39.2 Å². The first-order chi connectivity index (χ1) is 9.41. The SMILES string of the molecule is C/C(=N/O)c1ccc(F)cc1OCC1CCC(C)(C)O1. The molecule has 0 bridgehead atoms. The molecule has 2 rings (SSSR count). The summed E-state index contributed by atoms with van der Waals surface area (Å²) < 4.78 is 24.8. The highest BCUT2D eigenvalue weighted by molar-refractivity contribution is 6.00. The molecule has 0 aliphatic carbocycles. The van der Waals surface area contributed by atoms with Gasteiger partial charge in [0.1, 0.15) is 18.2 Å². The van der Waals surface area contributed by atoms with Gasteiger partial charge < -0.3 is 14.7 Å². The summed E-state index contributed by atoms with van der Waals surface area (Å²) in [6, 6.07) is 4.15. The van der Waals surface area contributed by atoms with Gasteiger partial charge in [-0.2, -0.15) is 0 Å². The van der Waals surface area contributed by atoms with Gasteiger partial charge in [0.15, 0.2) is 0 Å². The van der Waals surface area contributed by atoms with Crippen LogP contribution in [0.15, 0.2) is 23.4 Å². The Morgan fingerprint density at radius 1 is 1.55 bits per heavy atom. The van der Waals surface area contributed by atoms with E-state index in [4.69, 9.17) is 14.7 Å². The van der Waals surface area contributed by atoms with E-state index in [1.165, 1.54) is 12.1 Å². The van der Waals surface area contributed by atoms with Crippen LogP contribution in [-0.4, -0.2) is 29.2 Å². The Labute approximate surface area is 118 Å². The molecule has 1 saturated heterocycles. The third-order valence-corrected chi connectivity index (χ3v) is 3.46. The number of hydrogen-bond donors (Lipinski definition) is 1. The van der Waals surface area contributed by atoms with Gasteiger partial charge in [-0.15, -0.1) is 0 Å². The molecular weight excluding hydrogens is 261 g/mol. The number of ether oxygens (including phenoxy) is 2. The topological polar surface area (TPSA) is 51.1 Å². The standard InChI is InChI=1S/C15H20FNO3/c1-10(17-18)13-5-4-11(16)8-14(13)19-9-12-6-7-15(2,3)20-12/h4-5,8,12,18H,6-7,9H2,1-3H3/b17-10-. The maximum atomic E-state index is 13.3. The molecule has 1 unspecified atom stereocenters. The van der Waals surface area contributed by atoms with Gasteiger partial charge >= 0.3 is 0 Å². The number of oxime groups is 1. The first-order valence-corrected chi connectivity index (χ1v) is 6.70. The van der Waals surface area contributed by atoms with Gasteiger partial charge in [0.25, 0.3) is 0 Å². The molecule has 1 heterocycles. The monoisotopic (exact) mass is 281 g/mol. The summed E-state index contributed by atoms with van der Waals surface area (Å²) in [6.45, 7) is 6.08. The molecule has 1 fully saturated rings. The number of nitrogens with zero attached hydrogens (tertiary/aromatic N) is 1. The largest absolute Gasteiger partial charge is 0.490 e. The molecule has 1 atom stereocenters. The highest BCUT2D eigenvalue weighted by atomic mass is 19.1. The molecule has 0 saturated carbocycles. The van der Waals surface area contributed by atoms with Crippen LogP contribution in [0.2, 0.25) is 0 Å². The van der Waals surface area contributed by atoms with Crippen LogP contribution in [0.25, 0.3) is 0 Å². The number of benzene rings is 1. The van der Waals surface area contributed by atoms with Crippen LogP contribution in [0.4, 0.5) is 4.39 Å². The molecule has 20 heavy (non-hydrogen) atoms. The molecule has 1 N–H and O–H groups in total. The van der Waals surface area contributed by atoms with Crippen molar-refractivity contribution in [1.29, 1.82) is 0 Å². The lowest BCUT2D eigenvalue weighted by atomic mass is 10.1. The Kier molecular flexibility index (Phi) is 4.28. The minimum absolute atomic E-state index is 0.00693. The fourth-order valence-electron chi connectivity index (χ4n) is 2.35. The summed E-state index contributed by atoms with van der Waals surface area (Å²) in [5.74, 6) is -0.0178. The van der Waals surface area contributed by atoms with E-state index in [0.717, 1.165) is 12.8 Å². The molecule has 5 heteroatoms. The maximum absolute atomic E-state index is 13.3. The van der Waals surface area contributed by atoms with Gasteiger partial charge in [-0.3, -0.25) is 0 Å². The second kappa shape index (κ2) is 5.79. The number of hydrogen-bond acceptors (Lipinski definition) is 4. The molecule has 1 aliphatic rings. The Hall–Kier alpha value is -1.62. The average Bonchev–Trinajstić information content (AvgIpc) is 2.75. The van der Waals surface area contributed by atoms with Crippen LogP contribution in [-0.2, 0) is 4.74 Å². The second-order valence-corrected chi connectivity index (χ2v) is 5.68. The highest BCUT2D eigenvalue weighted by Crippen LogP contribution is 2.30. The molecule has 1 aliphatic heterocycles. The average molecular weight is 281 g/mol. The van der Waals surface area contributed by atoms with Gasteiger partial charge in [0, 0.05) is 11.6 Å². The first kappa shape index (κ1) is 14.8. The normalized spacial score (nSPS) is 22.0. The molecule has 110 valence electrons. The lowest BCUT2D eigenvalue weighted by Gasteiger charge is -2.20. The van der Waals surface area contributed by atoms with Crippen molar-refractivity contribution >= 4 is 5.71 Å². The van der Waals surface area contributed by atoms with E-state index in [2.05, 4.69) is 5.16 Å². The fourth-order valence-corrected chi connectivity index (χ4v) is 2.35. The van der Waals surface area contributed by atoms with Crippen LogP contribution in [0.5, 0.6) is 5.75 Å². The lowest BCUT2D eigenvalue weighted by molar-refractivity contribution is -0.0327. The zero-order valence-electron chi connectivity index (χ0n) is 12.0. The summed E-state index contributed by atoms with van der Waals surface area (Å²) in [4.78, 5) is 0. The number of halogens is 1. The van der Waals surface area contributed by atoms with Crippen molar-refractivity contribution in [3.63, 3.8) is 0 Å². The van der Waals surface area contributed by atoms with Gasteiger partial charge in [-0.1, -0.05) is 5.16 Å². The summed E-state index contributed by atoms with van der Waals surface area (Å²) in [5.41, 5.74) is 0.834. The zero-order valence-corrected chi connectivity index (χ0v) is 12.0. The smallest absolute Gasteiger partial charge is 0.131 e. The molecule has 4 nitrogen and oxygen atoms in total. The predicted molar refractivity (Wildman–Crippen MR) is 74.1 cm³/mol. The van der Waals surface area contributed by atoms with Crippen molar-refractivity contribution < 1.29 is 19.1 Å². The molecule has 0 spiro atoms. The van der Waals surface area contributed by atoms with Crippen molar-refractivity contribution in [3.05, 3.63) is 29.6 Å². The van der Waals surface area contributed by atoms with Crippen molar-refractivity contribution in [3.8, 4) is 5.75 Å². The van der Waals surface area contributed by atoms with Gasteiger partial charge in [-0.05, 0) is 45.7 Å². The summed E-state index contributed by atoms with van der Waals surface area (Å²) in [5, 5.41) is 12.0. The quantitative estimate of drug-likeness (QED) is 0.523. The van der Waals surface area contributed by atoms with Crippen molar-refractivity contribution in [2.75, 3.05) is 6.61 Å². The number of rotatable bonds is 4. The lowest BCUT2D eigenvalue weighted by Crippen LogP contribution is -2.24. The summed E-state index contributed by atoms with van der Waals surface area (Å²) >= 11 is 0. The predicted octanol–water partition coefficient (Wildman–Crippen LogP) is 3.36. The van der Waals surface area contributed by atoms with Crippen molar-refractivity contribution in [2.45, 2.75) is 45.3 Å². The Morgan fingerprint density at radius 2 is 2.30 bits per heavy atom. The summed E-state index contributed by atoms with van der Waals surface area (Å²) in [6.07, 6.45) is 1.91. The van der Waals surface area contributed by atoms with Crippen molar-refractivity contribution in [2.24, 2.45) is 5.16 Å².